The molecule has 0 fully saturated rings. The summed E-state index contributed by atoms with van der Waals surface area (Å²) in [4.78, 5) is 21.4. The van der Waals surface area contributed by atoms with Crippen LogP contribution in [0.2, 0.25) is 0 Å². The molecule has 162 valence electrons. The number of hydrogen-bond donors (Lipinski definition) is 1. The Balaban J connectivity index is 1.74. The second-order valence-electron chi connectivity index (χ2n) is 6.83. The average Bonchev–Trinajstić information content (AvgIpc) is 2.75. The Morgan fingerprint density at radius 1 is 1.06 bits per heavy atom. The second-order valence-corrected chi connectivity index (χ2v) is 6.83. The van der Waals surface area contributed by atoms with Gasteiger partial charge in [0.2, 0.25) is 5.55 Å². The number of nitrogens with zero attached hydrogens (tertiary/aromatic N) is 2. The lowest BCUT2D eigenvalue weighted by atomic mass is 10.1. The van der Waals surface area contributed by atoms with Crippen LogP contribution in [0.4, 0.5) is 24.7 Å². The number of carbonyl (C=O) groups excluding carboxylic acids is 1. The van der Waals surface area contributed by atoms with Gasteiger partial charge in [-0.15, -0.1) is 13.2 Å². The number of pyridine rings is 1. The first-order valence-electron chi connectivity index (χ1n) is 9.44. The molecule has 0 unspecified atom stereocenters. The summed E-state index contributed by atoms with van der Waals surface area (Å²) in [5.41, 5.74) is 1.85. The van der Waals surface area contributed by atoms with E-state index < -0.39 is 12.3 Å². The Morgan fingerprint density at radius 3 is 2.50 bits per heavy atom. The number of para-hydroxylation sites is 1. The zero-order valence-electron chi connectivity index (χ0n) is 16.7. The van der Waals surface area contributed by atoms with Gasteiger partial charge in [-0.25, -0.2) is 9.98 Å². The second kappa shape index (κ2) is 8.54. The molecule has 0 radical (unpaired) electrons. The minimum atomic E-state index is -4.79. The Hall–Kier alpha value is -4.14. The van der Waals surface area contributed by atoms with Crippen molar-refractivity contribution >= 4 is 28.4 Å². The van der Waals surface area contributed by atoms with Crippen LogP contribution < -0.4 is 15.6 Å². The Labute approximate surface area is 180 Å². The number of rotatable bonds is 4. The van der Waals surface area contributed by atoms with Crippen LogP contribution in [0.25, 0.3) is 11.0 Å². The van der Waals surface area contributed by atoms with Gasteiger partial charge in [0.25, 0.3) is 5.91 Å². The van der Waals surface area contributed by atoms with Crippen LogP contribution in [0.3, 0.4) is 0 Å². The lowest BCUT2D eigenvalue weighted by Gasteiger charge is -2.08. The molecule has 6 nitrogen and oxygen atoms in total. The molecule has 0 saturated heterocycles. The number of alkyl halides is 3. The van der Waals surface area contributed by atoms with Crippen LogP contribution in [0.5, 0.6) is 5.75 Å². The molecule has 2 aromatic carbocycles. The van der Waals surface area contributed by atoms with Crippen LogP contribution in [0.1, 0.15) is 15.9 Å². The van der Waals surface area contributed by atoms with Crippen LogP contribution in [-0.2, 0) is 0 Å². The first-order chi connectivity index (χ1) is 15.3. The van der Waals surface area contributed by atoms with Gasteiger partial charge in [0.15, 0.2) is 0 Å². The van der Waals surface area contributed by atoms with Crippen molar-refractivity contribution in [3.8, 4) is 5.75 Å². The highest BCUT2D eigenvalue weighted by Crippen LogP contribution is 2.25. The van der Waals surface area contributed by atoms with E-state index >= 15 is 0 Å². The van der Waals surface area contributed by atoms with E-state index in [1.807, 2.05) is 13.0 Å². The zero-order valence-corrected chi connectivity index (χ0v) is 16.7. The monoisotopic (exact) mass is 439 g/mol. The quantitative estimate of drug-likeness (QED) is 0.454. The normalized spacial score (nSPS) is 12.1. The first kappa shape index (κ1) is 21.1. The summed E-state index contributed by atoms with van der Waals surface area (Å²) in [6, 6.07) is 17.1. The molecular weight excluding hydrogens is 423 g/mol. The minimum Gasteiger partial charge on any atom is -0.438 e. The Bertz CT molecular complexity index is 1330. The van der Waals surface area contributed by atoms with Gasteiger partial charge in [0.05, 0.1) is 5.69 Å². The Morgan fingerprint density at radius 2 is 1.81 bits per heavy atom. The number of aromatic nitrogens is 1. The number of carbonyl (C=O) groups is 1. The molecule has 0 saturated carbocycles. The molecule has 0 spiro atoms. The summed E-state index contributed by atoms with van der Waals surface area (Å²) in [6.07, 6.45) is -3.17. The molecule has 0 atom stereocenters. The predicted octanol–water partition coefficient (Wildman–Crippen LogP) is 5.52. The van der Waals surface area contributed by atoms with Gasteiger partial charge in [-0.1, -0.05) is 24.3 Å². The van der Waals surface area contributed by atoms with Crippen molar-refractivity contribution in [1.29, 1.82) is 0 Å². The molecule has 0 aliphatic heterocycles. The largest absolute Gasteiger partial charge is 0.573 e. The van der Waals surface area contributed by atoms with Crippen molar-refractivity contribution < 1.29 is 27.1 Å². The summed E-state index contributed by atoms with van der Waals surface area (Å²) >= 11 is 0. The van der Waals surface area contributed by atoms with E-state index in [9.17, 15) is 18.0 Å². The third-order valence-electron chi connectivity index (χ3n) is 4.35. The lowest BCUT2D eigenvalue weighted by Crippen LogP contribution is -2.22. The third kappa shape index (κ3) is 5.12. The number of ether oxygens (including phenoxy) is 1. The molecule has 1 amide bonds. The van der Waals surface area contributed by atoms with Gasteiger partial charge >= 0.3 is 6.36 Å². The highest BCUT2D eigenvalue weighted by Gasteiger charge is 2.30. The van der Waals surface area contributed by atoms with Gasteiger partial charge in [-0.2, -0.15) is 0 Å². The third-order valence-corrected chi connectivity index (χ3v) is 4.35. The van der Waals surface area contributed by atoms with Crippen LogP contribution in [0.15, 0.2) is 82.3 Å². The Kier molecular flexibility index (Phi) is 5.63. The molecule has 0 aliphatic rings. The molecule has 2 heterocycles. The molecule has 0 bridgehead atoms. The van der Waals surface area contributed by atoms with Crippen molar-refractivity contribution in [1.82, 2.24) is 4.98 Å². The van der Waals surface area contributed by atoms with Crippen molar-refractivity contribution in [2.24, 2.45) is 4.99 Å². The number of fused-ring (bicyclic) bond motifs is 1. The van der Waals surface area contributed by atoms with Crippen LogP contribution in [-0.4, -0.2) is 17.3 Å². The van der Waals surface area contributed by atoms with Crippen LogP contribution >= 0.6 is 0 Å². The van der Waals surface area contributed by atoms with Crippen molar-refractivity contribution in [2.75, 3.05) is 5.32 Å². The van der Waals surface area contributed by atoms with E-state index in [-0.39, 0.29) is 22.6 Å². The van der Waals surface area contributed by atoms with Gasteiger partial charge in [-0.05, 0) is 55.0 Å². The summed E-state index contributed by atoms with van der Waals surface area (Å²) in [7, 11) is 0. The first-order valence-corrected chi connectivity index (χ1v) is 9.44. The summed E-state index contributed by atoms with van der Waals surface area (Å²) in [6.45, 7) is 1.88. The summed E-state index contributed by atoms with van der Waals surface area (Å²) < 4.78 is 46.8. The number of benzene rings is 2. The molecule has 9 heteroatoms. The SMILES string of the molecule is Cc1ccc(NC(=O)c2cc3ccccc3oc2=Nc2ccc(OC(F)(F)F)cc2)nc1. The summed E-state index contributed by atoms with van der Waals surface area (Å²) in [5, 5.41) is 3.38. The van der Waals surface area contributed by atoms with Gasteiger partial charge in [0.1, 0.15) is 22.7 Å². The topological polar surface area (TPSA) is 76.7 Å². The molecular formula is C23H16F3N3O3. The van der Waals surface area contributed by atoms with Gasteiger partial charge in [-0.3, -0.25) is 4.79 Å². The fraction of sp³-hybridized carbons (Fsp3) is 0.0870. The average molecular weight is 439 g/mol. The number of halogens is 3. The minimum absolute atomic E-state index is 0.00204. The molecule has 1 N–H and O–H groups in total. The maximum absolute atomic E-state index is 12.9. The van der Waals surface area contributed by atoms with Crippen molar-refractivity contribution in [2.45, 2.75) is 13.3 Å². The highest BCUT2D eigenvalue weighted by molar-refractivity contribution is 6.04. The van der Waals surface area contributed by atoms with Gasteiger partial charge in [0, 0.05) is 11.6 Å². The summed E-state index contributed by atoms with van der Waals surface area (Å²) in [5.74, 6) is -0.518. The molecule has 2 aromatic heterocycles. The van der Waals surface area contributed by atoms with Crippen molar-refractivity contribution in [3.63, 3.8) is 0 Å². The number of amides is 1. The fourth-order valence-corrected chi connectivity index (χ4v) is 2.88. The molecule has 4 rings (SSSR count). The van der Waals surface area contributed by atoms with Crippen LogP contribution in [0, 0.1) is 6.92 Å². The standard InChI is InChI=1S/C23H16F3N3O3/c1-14-6-11-20(27-13-14)29-21(30)18-12-15-4-2-3-5-19(15)31-22(18)28-16-7-9-17(10-8-16)32-23(24,25)26/h2-13H,1H3,(H,27,29,30). The van der Waals surface area contributed by atoms with E-state index in [0.717, 1.165) is 17.7 Å². The zero-order chi connectivity index (χ0) is 22.7. The maximum atomic E-state index is 12.9. The van der Waals surface area contributed by atoms with Gasteiger partial charge < -0.3 is 14.5 Å². The van der Waals surface area contributed by atoms with Crippen molar-refractivity contribution in [3.05, 3.63) is 89.6 Å². The predicted molar refractivity (Wildman–Crippen MR) is 111 cm³/mol. The lowest BCUT2D eigenvalue weighted by molar-refractivity contribution is -0.274. The smallest absolute Gasteiger partial charge is 0.438 e. The molecule has 4 aromatic rings. The number of anilines is 1. The number of nitrogens with one attached hydrogen (secondary N) is 1. The number of hydrogen-bond acceptors (Lipinski definition) is 5. The van der Waals surface area contributed by atoms with E-state index in [4.69, 9.17) is 4.42 Å². The van der Waals surface area contributed by atoms with E-state index in [1.54, 1.807) is 42.6 Å². The molecule has 32 heavy (non-hydrogen) atoms. The number of aryl methyl sites for hydroxylation is 1. The molecule has 0 aliphatic carbocycles. The van der Waals surface area contributed by atoms with E-state index in [2.05, 4.69) is 20.0 Å². The fourth-order valence-electron chi connectivity index (χ4n) is 2.88. The maximum Gasteiger partial charge on any atom is 0.573 e. The van der Waals surface area contributed by atoms with E-state index in [1.165, 1.54) is 12.1 Å². The van der Waals surface area contributed by atoms with E-state index in [0.29, 0.717) is 16.8 Å². The highest BCUT2D eigenvalue weighted by atomic mass is 19.4.